The van der Waals surface area contributed by atoms with E-state index in [1.54, 1.807) is 12.1 Å². The van der Waals surface area contributed by atoms with Gasteiger partial charge in [-0.15, -0.1) is 0 Å². The zero-order valence-electron chi connectivity index (χ0n) is 16.9. The summed E-state index contributed by atoms with van der Waals surface area (Å²) < 4.78 is 18.9. The molecule has 0 atom stereocenters. The van der Waals surface area contributed by atoms with E-state index in [1.165, 1.54) is 17.0 Å². The number of hydrogen-bond donors (Lipinski definition) is 1. The third-order valence-corrected chi connectivity index (χ3v) is 4.93. The number of ether oxygens (including phenoxy) is 1. The highest BCUT2D eigenvalue weighted by molar-refractivity contribution is 6.36. The first-order valence-electron chi connectivity index (χ1n) is 9.70. The molecule has 5 nitrogen and oxygen atoms in total. The van der Waals surface area contributed by atoms with E-state index in [1.807, 2.05) is 39.0 Å². The van der Waals surface area contributed by atoms with Crippen LogP contribution in [0.4, 0.5) is 10.1 Å². The smallest absolute Gasteiger partial charge is 0.278 e. The topological polar surface area (TPSA) is 58.6 Å². The first-order valence-corrected chi connectivity index (χ1v) is 9.70. The Morgan fingerprint density at radius 1 is 1.03 bits per heavy atom. The molecule has 3 rings (SSSR count). The number of aryl methyl sites for hydroxylation is 2. The van der Waals surface area contributed by atoms with Gasteiger partial charge in [-0.05, 0) is 62.1 Å². The van der Waals surface area contributed by atoms with Gasteiger partial charge in [0.15, 0.2) is 0 Å². The van der Waals surface area contributed by atoms with Crippen LogP contribution in [-0.2, 0) is 14.3 Å². The SMILES string of the molecule is CCOCCCN1C(=O)C(Nc2cccc(F)c2)=C(c2ccc(C)c(C)c2)C1=O. The van der Waals surface area contributed by atoms with Crippen molar-refractivity contribution in [3.8, 4) is 0 Å². The lowest BCUT2D eigenvalue weighted by molar-refractivity contribution is -0.137. The molecule has 6 heteroatoms. The fourth-order valence-electron chi connectivity index (χ4n) is 3.24. The van der Waals surface area contributed by atoms with E-state index >= 15 is 0 Å². The number of benzene rings is 2. The Morgan fingerprint density at radius 2 is 1.83 bits per heavy atom. The number of carbonyl (C=O) groups excluding carboxylic acids is 2. The highest BCUT2D eigenvalue weighted by Gasteiger charge is 2.39. The third kappa shape index (κ3) is 4.54. The molecule has 0 radical (unpaired) electrons. The van der Waals surface area contributed by atoms with E-state index in [4.69, 9.17) is 4.74 Å². The molecule has 152 valence electrons. The van der Waals surface area contributed by atoms with Crippen LogP contribution in [0.1, 0.15) is 30.0 Å². The normalized spacial score (nSPS) is 14.1. The number of nitrogens with zero attached hydrogens (tertiary/aromatic N) is 1. The third-order valence-electron chi connectivity index (χ3n) is 4.93. The van der Waals surface area contributed by atoms with Gasteiger partial charge in [0, 0.05) is 25.4 Å². The van der Waals surface area contributed by atoms with E-state index in [0.717, 1.165) is 11.1 Å². The number of carbonyl (C=O) groups is 2. The maximum atomic E-state index is 13.6. The lowest BCUT2D eigenvalue weighted by Gasteiger charge is -2.15. The molecule has 0 saturated carbocycles. The molecular weight excluding hydrogens is 371 g/mol. The van der Waals surface area contributed by atoms with Crippen molar-refractivity contribution in [3.05, 3.63) is 70.7 Å². The summed E-state index contributed by atoms with van der Waals surface area (Å²) in [6.45, 7) is 7.16. The summed E-state index contributed by atoms with van der Waals surface area (Å²) in [5.74, 6) is -1.19. The molecule has 2 amide bonds. The summed E-state index contributed by atoms with van der Waals surface area (Å²) in [6, 6.07) is 11.5. The summed E-state index contributed by atoms with van der Waals surface area (Å²) in [5, 5.41) is 2.97. The van der Waals surface area contributed by atoms with Crippen LogP contribution in [0.3, 0.4) is 0 Å². The molecule has 1 N–H and O–H groups in total. The number of anilines is 1. The first-order chi connectivity index (χ1) is 13.9. The van der Waals surface area contributed by atoms with Crippen LogP contribution in [0.15, 0.2) is 48.2 Å². The van der Waals surface area contributed by atoms with Gasteiger partial charge in [0.05, 0.1) is 5.57 Å². The predicted octanol–water partition coefficient (Wildman–Crippen LogP) is 4.06. The van der Waals surface area contributed by atoms with Crippen LogP contribution in [0.5, 0.6) is 0 Å². The van der Waals surface area contributed by atoms with Gasteiger partial charge < -0.3 is 10.1 Å². The largest absolute Gasteiger partial charge is 0.382 e. The molecule has 2 aromatic rings. The number of imide groups is 1. The van der Waals surface area contributed by atoms with E-state index in [2.05, 4.69) is 5.32 Å². The molecular formula is C23H25FN2O3. The highest BCUT2D eigenvalue weighted by Crippen LogP contribution is 2.31. The Kier molecular flexibility index (Phi) is 6.44. The molecule has 29 heavy (non-hydrogen) atoms. The minimum atomic E-state index is -0.423. The van der Waals surface area contributed by atoms with E-state index in [-0.39, 0.29) is 18.1 Å². The quantitative estimate of drug-likeness (QED) is 0.540. The van der Waals surface area contributed by atoms with Gasteiger partial charge in [0.2, 0.25) is 0 Å². The highest BCUT2D eigenvalue weighted by atomic mass is 19.1. The van der Waals surface area contributed by atoms with Crippen molar-refractivity contribution in [1.82, 2.24) is 4.90 Å². The van der Waals surface area contributed by atoms with Gasteiger partial charge in [-0.3, -0.25) is 14.5 Å². The Morgan fingerprint density at radius 3 is 2.52 bits per heavy atom. The Labute approximate surface area is 170 Å². The summed E-state index contributed by atoms with van der Waals surface area (Å²) in [6.07, 6.45) is 0.554. The predicted molar refractivity (Wildman–Crippen MR) is 111 cm³/mol. The maximum Gasteiger partial charge on any atom is 0.278 e. The average molecular weight is 396 g/mol. The number of halogens is 1. The van der Waals surface area contributed by atoms with Crippen LogP contribution in [-0.4, -0.2) is 36.5 Å². The van der Waals surface area contributed by atoms with Crippen LogP contribution < -0.4 is 5.32 Å². The zero-order valence-corrected chi connectivity index (χ0v) is 16.9. The van der Waals surface area contributed by atoms with Crippen LogP contribution in [0, 0.1) is 19.7 Å². The van der Waals surface area contributed by atoms with Crippen molar-refractivity contribution >= 4 is 23.1 Å². The van der Waals surface area contributed by atoms with E-state index < -0.39 is 11.7 Å². The van der Waals surface area contributed by atoms with Crippen LogP contribution in [0.25, 0.3) is 5.57 Å². The second kappa shape index (κ2) is 9.01. The lowest BCUT2D eigenvalue weighted by Crippen LogP contribution is -2.34. The maximum absolute atomic E-state index is 13.6. The van der Waals surface area contributed by atoms with E-state index in [0.29, 0.717) is 36.5 Å². The molecule has 0 fully saturated rings. The molecule has 1 aliphatic rings. The molecule has 0 aromatic heterocycles. The molecule has 2 aromatic carbocycles. The molecule has 1 heterocycles. The van der Waals surface area contributed by atoms with Crippen molar-refractivity contribution < 1.29 is 18.7 Å². The molecule has 0 aliphatic carbocycles. The summed E-state index contributed by atoms with van der Waals surface area (Å²) in [7, 11) is 0. The zero-order chi connectivity index (χ0) is 21.0. The molecule has 0 spiro atoms. The average Bonchev–Trinajstić information content (AvgIpc) is 2.91. The Hall–Kier alpha value is -2.99. The van der Waals surface area contributed by atoms with Gasteiger partial charge in [-0.1, -0.05) is 24.3 Å². The number of rotatable bonds is 8. The van der Waals surface area contributed by atoms with E-state index in [9.17, 15) is 14.0 Å². The van der Waals surface area contributed by atoms with Crippen molar-refractivity contribution in [2.45, 2.75) is 27.2 Å². The van der Waals surface area contributed by atoms with Gasteiger partial charge in [-0.2, -0.15) is 0 Å². The number of amides is 2. The van der Waals surface area contributed by atoms with Crippen LogP contribution in [0.2, 0.25) is 0 Å². The minimum Gasteiger partial charge on any atom is -0.382 e. The Bertz CT molecular complexity index is 968. The second-order valence-corrected chi connectivity index (χ2v) is 7.00. The summed E-state index contributed by atoms with van der Waals surface area (Å²) in [5.41, 5.74) is 3.67. The fraction of sp³-hybridized carbons (Fsp3) is 0.304. The van der Waals surface area contributed by atoms with Gasteiger partial charge in [-0.25, -0.2) is 4.39 Å². The van der Waals surface area contributed by atoms with Crippen molar-refractivity contribution in [3.63, 3.8) is 0 Å². The number of nitrogens with one attached hydrogen (secondary N) is 1. The van der Waals surface area contributed by atoms with Crippen LogP contribution >= 0.6 is 0 Å². The monoisotopic (exact) mass is 396 g/mol. The second-order valence-electron chi connectivity index (χ2n) is 7.00. The Balaban J connectivity index is 1.97. The van der Waals surface area contributed by atoms with Crippen molar-refractivity contribution in [2.75, 3.05) is 25.1 Å². The molecule has 0 bridgehead atoms. The van der Waals surface area contributed by atoms with Gasteiger partial charge >= 0.3 is 0 Å². The standard InChI is InChI=1S/C23H25FN2O3/c1-4-29-12-6-11-26-22(27)20(17-10-9-15(2)16(3)13-17)21(23(26)28)25-19-8-5-7-18(24)14-19/h5,7-10,13-14,25H,4,6,11-12H2,1-3H3. The fourth-order valence-corrected chi connectivity index (χ4v) is 3.24. The molecule has 0 unspecified atom stereocenters. The van der Waals surface area contributed by atoms with Gasteiger partial charge in [0.25, 0.3) is 11.8 Å². The molecule has 1 aliphatic heterocycles. The summed E-state index contributed by atoms with van der Waals surface area (Å²) in [4.78, 5) is 27.4. The molecule has 0 saturated heterocycles. The summed E-state index contributed by atoms with van der Waals surface area (Å²) >= 11 is 0. The number of hydrogen-bond acceptors (Lipinski definition) is 4. The van der Waals surface area contributed by atoms with Crippen molar-refractivity contribution in [2.24, 2.45) is 0 Å². The van der Waals surface area contributed by atoms with Gasteiger partial charge in [0.1, 0.15) is 11.5 Å². The lowest BCUT2D eigenvalue weighted by atomic mass is 9.99. The van der Waals surface area contributed by atoms with Crippen molar-refractivity contribution in [1.29, 1.82) is 0 Å². The minimum absolute atomic E-state index is 0.167. The first kappa shape index (κ1) is 20.7.